The maximum atomic E-state index is 10.8. The highest BCUT2D eigenvalue weighted by Gasteiger charge is 2.14. The van der Waals surface area contributed by atoms with Crippen molar-refractivity contribution < 1.29 is 9.66 Å². The molecular formula is C13H13ClN2O3S. The van der Waals surface area contributed by atoms with E-state index in [0.717, 1.165) is 5.56 Å². The third-order valence-corrected chi connectivity index (χ3v) is 3.96. The van der Waals surface area contributed by atoms with E-state index in [2.05, 4.69) is 5.32 Å². The van der Waals surface area contributed by atoms with Crippen LogP contribution in [0.2, 0.25) is 4.34 Å². The van der Waals surface area contributed by atoms with Gasteiger partial charge in [0.15, 0.2) is 0 Å². The van der Waals surface area contributed by atoms with Gasteiger partial charge < -0.3 is 10.1 Å². The van der Waals surface area contributed by atoms with Crippen LogP contribution >= 0.6 is 22.9 Å². The lowest BCUT2D eigenvalue weighted by molar-refractivity contribution is -0.384. The van der Waals surface area contributed by atoms with Crippen LogP contribution in [0.5, 0.6) is 5.75 Å². The van der Waals surface area contributed by atoms with E-state index in [-0.39, 0.29) is 11.7 Å². The number of nitrogens with zero attached hydrogens (tertiary/aromatic N) is 1. The molecule has 0 amide bonds. The Morgan fingerprint density at radius 2 is 2.20 bits per heavy atom. The summed E-state index contributed by atoms with van der Waals surface area (Å²) in [5, 5.41) is 16.0. The van der Waals surface area contributed by atoms with E-state index in [4.69, 9.17) is 16.3 Å². The van der Waals surface area contributed by atoms with Gasteiger partial charge in [-0.25, -0.2) is 0 Å². The van der Waals surface area contributed by atoms with E-state index in [0.29, 0.717) is 15.8 Å². The summed E-state index contributed by atoms with van der Waals surface area (Å²) in [6, 6.07) is 6.29. The van der Waals surface area contributed by atoms with Crippen molar-refractivity contribution in [3.8, 4) is 5.75 Å². The van der Waals surface area contributed by atoms with Crippen molar-refractivity contribution in [3.63, 3.8) is 0 Å². The van der Waals surface area contributed by atoms with Crippen LogP contribution in [-0.2, 0) is 0 Å². The average molecular weight is 313 g/mol. The summed E-state index contributed by atoms with van der Waals surface area (Å²) in [6.07, 6.45) is 0. The van der Waals surface area contributed by atoms with Crippen molar-refractivity contribution in [2.45, 2.75) is 13.0 Å². The molecule has 0 saturated heterocycles. The Morgan fingerprint density at radius 3 is 2.75 bits per heavy atom. The zero-order valence-electron chi connectivity index (χ0n) is 10.9. The molecule has 1 atom stereocenters. The number of benzene rings is 1. The van der Waals surface area contributed by atoms with Crippen molar-refractivity contribution in [1.82, 2.24) is 0 Å². The average Bonchev–Trinajstić information content (AvgIpc) is 2.85. The van der Waals surface area contributed by atoms with Crippen LogP contribution in [0.3, 0.4) is 0 Å². The molecule has 0 aliphatic carbocycles. The lowest BCUT2D eigenvalue weighted by atomic mass is 10.1. The van der Waals surface area contributed by atoms with Crippen LogP contribution in [0.15, 0.2) is 29.6 Å². The number of halogens is 1. The lowest BCUT2D eigenvalue weighted by Crippen LogP contribution is -2.07. The maximum absolute atomic E-state index is 10.8. The van der Waals surface area contributed by atoms with Crippen LogP contribution in [-0.4, -0.2) is 12.0 Å². The van der Waals surface area contributed by atoms with Gasteiger partial charge in [0.2, 0.25) is 0 Å². The molecule has 0 aliphatic rings. The first kappa shape index (κ1) is 14.6. The number of nitro benzene ring substituents is 1. The highest BCUT2D eigenvalue weighted by atomic mass is 35.5. The molecule has 7 heteroatoms. The Kier molecular flexibility index (Phi) is 4.46. The second-order valence-electron chi connectivity index (χ2n) is 4.19. The monoisotopic (exact) mass is 312 g/mol. The van der Waals surface area contributed by atoms with E-state index >= 15 is 0 Å². The van der Waals surface area contributed by atoms with Crippen LogP contribution in [0.1, 0.15) is 18.5 Å². The van der Waals surface area contributed by atoms with Crippen molar-refractivity contribution in [3.05, 3.63) is 49.7 Å². The second-order valence-corrected chi connectivity index (χ2v) is 5.73. The summed E-state index contributed by atoms with van der Waals surface area (Å²) >= 11 is 7.36. The van der Waals surface area contributed by atoms with Gasteiger partial charge in [-0.05, 0) is 30.0 Å². The van der Waals surface area contributed by atoms with Crippen LogP contribution in [0.4, 0.5) is 11.4 Å². The van der Waals surface area contributed by atoms with Gasteiger partial charge in [0.05, 0.1) is 22.1 Å². The molecule has 0 aliphatic heterocycles. The number of thiophene rings is 1. The van der Waals surface area contributed by atoms with E-state index < -0.39 is 4.92 Å². The smallest absolute Gasteiger partial charge is 0.271 e. The Labute approximate surface area is 125 Å². The van der Waals surface area contributed by atoms with Crippen molar-refractivity contribution >= 4 is 34.3 Å². The van der Waals surface area contributed by atoms with E-state index in [1.54, 1.807) is 6.07 Å². The largest absolute Gasteiger partial charge is 0.495 e. The maximum Gasteiger partial charge on any atom is 0.271 e. The molecule has 20 heavy (non-hydrogen) atoms. The van der Waals surface area contributed by atoms with Gasteiger partial charge in [0.25, 0.3) is 5.69 Å². The molecule has 0 fully saturated rings. The Bertz CT molecular complexity index is 630. The number of nitrogens with one attached hydrogen (secondary N) is 1. The van der Waals surface area contributed by atoms with Crippen LogP contribution < -0.4 is 10.1 Å². The van der Waals surface area contributed by atoms with Crippen molar-refractivity contribution in [2.24, 2.45) is 0 Å². The fraction of sp³-hybridized carbons (Fsp3) is 0.231. The summed E-state index contributed by atoms with van der Waals surface area (Å²) in [5.74, 6) is 0.559. The molecule has 1 unspecified atom stereocenters. The minimum atomic E-state index is -0.434. The van der Waals surface area contributed by atoms with E-state index in [1.807, 2.05) is 18.4 Å². The highest BCUT2D eigenvalue weighted by molar-refractivity contribution is 7.14. The van der Waals surface area contributed by atoms with Gasteiger partial charge in [-0.15, -0.1) is 11.3 Å². The van der Waals surface area contributed by atoms with Crippen LogP contribution in [0.25, 0.3) is 0 Å². The predicted molar refractivity (Wildman–Crippen MR) is 81.0 cm³/mol. The van der Waals surface area contributed by atoms with E-state index in [9.17, 15) is 10.1 Å². The minimum absolute atomic E-state index is 0.0175. The summed E-state index contributed by atoms with van der Waals surface area (Å²) in [6.45, 7) is 1.96. The Morgan fingerprint density at radius 1 is 1.45 bits per heavy atom. The SMILES string of the molecule is COc1ccc([N+](=O)[O-])cc1NC(C)c1csc(Cl)c1. The zero-order valence-corrected chi connectivity index (χ0v) is 12.5. The number of rotatable bonds is 5. The van der Waals surface area contributed by atoms with Gasteiger partial charge in [-0.2, -0.15) is 0 Å². The van der Waals surface area contributed by atoms with Crippen molar-refractivity contribution in [1.29, 1.82) is 0 Å². The normalized spacial score (nSPS) is 11.9. The Hall–Kier alpha value is -1.79. The lowest BCUT2D eigenvalue weighted by Gasteiger charge is -2.16. The third-order valence-electron chi connectivity index (χ3n) is 2.85. The molecular weight excluding hydrogens is 300 g/mol. The zero-order chi connectivity index (χ0) is 14.7. The summed E-state index contributed by atoms with van der Waals surface area (Å²) < 4.78 is 5.92. The first-order valence-electron chi connectivity index (χ1n) is 5.84. The molecule has 1 heterocycles. The van der Waals surface area contributed by atoms with Gasteiger partial charge in [0, 0.05) is 18.2 Å². The van der Waals surface area contributed by atoms with Gasteiger partial charge in [-0.1, -0.05) is 11.6 Å². The number of non-ortho nitro benzene ring substituents is 1. The summed E-state index contributed by atoms with van der Waals surface area (Å²) in [4.78, 5) is 10.4. The number of ether oxygens (including phenoxy) is 1. The van der Waals surface area contributed by atoms with E-state index in [1.165, 1.54) is 30.6 Å². The first-order valence-corrected chi connectivity index (χ1v) is 7.10. The molecule has 1 aromatic heterocycles. The first-order chi connectivity index (χ1) is 9.51. The predicted octanol–water partition coefficient (Wildman–Crippen LogP) is 4.49. The molecule has 1 aromatic carbocycles. The standard InChI is InChI=1S/C13H13ClN2O3S/c1-8(9-5-13(14)20-7-9)15-11-6-10(16(17)18)3-4-12(11)19-2/h3-8,15H,1-2H3. The molecule has 2 aromatic rings. The molecule has 0 radical (unpaired) electrons. The molecule has 0 spiro atoms. The fourth-order valence-corrected chi connectivity index (χ4v) is 2.77. The molecule has 1 N–H and O–H groups in total. The Balaban J connectivity index is 2.27. The molecule has 2 rings (SSSR count). The minimum Gasteiger partial charge on any atom is -0.495 e. The number of nitro groups is 1. The van der Waals surface area contributed by atoms with Gasteiger partial charge >= 0.3 is 0 Å². The van der Waals surface area contributed by atoms with Crippen LogP contribution in [0, 0.1) is 10.1 Å². The van der Waals surface area contributed by atoms with Crippen molar-refractivity contribution in [2.75, 3.05) is 12.4 Å². The molecule has 0 saturated carbocycles. The quantitative estimate of drug-likeness (QED) is 0.652. The van der Waals surface area contributed by atoms with Gasteiger partial charge in [0.1, 0.15) is 5.75 Å². The number of methoxy groups -OCH3 is 1. The number of anilines is 1. The highest BCUT2D eigenvalue weighted by Crippen LogP contribution is 2.33. The second kappa shape index (κ2) is 6.11. The van der Waals surface area contributed by atoms with Gasteiger partial charge in [-0.3, -0.25) is 10.1 Å². The number of hydrogen-bond donors (Lipinski definition) is 1. The number of hydrogen-bond acceptors (Lipinski definition) is 5. The fourth-order valence-electron chi connectivity index (χ4n) is 1.79. The third kappa shape index (κ3) is 3.20. The molecule has 0 bridgehead atoms. The summed E-state index contributed by atoms with van der Waals surface area (Å²) in [5.41, 5.74) is 1.62. The molecule has 5 nitrogen and oxygen atoms in total. The molecule has 106 valence electrons. The summed E-state index contributed by atoms with van der Waals surface area (Å²) in [7, 11) is 1.53. The topological polar surface area (TPSA) is 64.4 Å².